The van der Waals surface area contributed by atoms with Crippen molar-refractivity contribution < 1.29 is 14.5 Å². The SMILES string of the molecule is CCCNC(=O)C[NH+](C)[C@@H](C)C(=O)Nc1ccc(C(C)C)cc1. The van der Waals surface area contributed by atoms with Crippen LogP contribution in [-0.4, -0.2) is 38.0 Å². The molecule has 1 rings (SSSR count). The fourth-order valence-electron chi connectivity index (χ4n) is 2.16. The van der Waals surface area contributed by atoms with E-state index in [4.69, 9.17) is 0 Å². The monoisotopic (exact) mass is 320 g/mol. The average molecular weight is 320 g/mol. The first-order valence-electron chi connectivity index (χ1n) is 8.35. The lowest BCUT2D eigenvalue weighted by molar-refractivity contribution is -0.885. The van der Waals surface area contributed by atoms with Crippen molar-refractivity contribution in [3.8, 4) is 0 Å². The van der Waals surface area contributed by atoms with E-state index >= 15 is 0 Å². The molecule has 0 saturated carbocycles. The van der Waals surface area contributed by atoms with Crippen LogP contribution in [0.1, 0.15) is 45.6 Å². The van der Waals surface area contributed by atoms with Gasteiger partial charge in [0.1, 0.15) is 0 Å². The Hall–Kier alpha value is -1.88. The fraction of sp³-hybridized carbons (Fsp3) is 0.556. The third-order valence-electron chi connectivity index (χ3n) is 3.99. The highest BCUT2D eigenvalue weighted by molar-refractivity contribution is 5.93. The van der Waals surface area contributed by atoms with Crippen molar-refractivity contribution in [1.82, 2.24) is 5.32 Å². The fourth-order valence-corrected chi connectivity index (χ4v) is 2.16. The van der Waals surface area contributed by atoms with Gasteiger partial charge in [-0.1, -0.05) is 32.9 Å². The summed E-state index contributed by atoms with van der Waals surface area (Å²) in [5.41, 5.74) is 2.03. The maximum atomic E-state index is 12.3. The molecule has 1 aromatic rings. The molecule has 0 radical (unpaired) electrons. The van der Waals surface area contributed by atoms with Gasteiger partial charge in [-0.15, -0.1) is 0 Å². The Labute approximate surface area is 139 Å². The molecule has 0 bridgehead atoms. The molecular weight excluding hydrogens is 290 g/mol. The number of quaternary nitrogens is 1. The lowest BCUT2D eigenvalue weighted by Gasteiger charge is -2.20. The van der Waals surface area contributed by atoms with Gasteiger partial charge in [0.2, 0.25) is 0 Å². The molecule has 3 N–H and O–H groups in total. The van der Waals surface area contributed by atoms with Crippen LogP contribution in [0, 0.1) is 0 Å². The highest BCUT2D eigenvalue weighted by Gasteiger charge is 2.23. The number of benzene rings is 1. The molecule has 0 saturated heterocycles. The first kappa shape index (κ1) is 19.2. The number of nitrogens with one attached hydrogen (secondary N) is 3. The molecule has 2 amide bonds. The van der Waals surface area contributed by atoms with Gasteiger partial charge in [-0.2, -0.15) is 0 Å². The standard InChI is InChI=1S/C18H29N3O2/c1-6-11-19-17(22)12-21(5)14(4)18(23)20-16-9-7-15(8-10-16)13(2)3/h7-10,13-14H,6,11-12H2,1-5H3,(H,19,22)(H,20,23)/p+1/t14-/m0/s1. The summed E-state index contributed by atoms with van der Waals surface area (Å²) in [6, 6.07) is 7.60. The Morgan fingerprint density at radius 2 is 1.74 bits per heavy atom. The Bertz CT molecular complexity index is 512. The van der Waals surface area contributed by atoms with E-state index in [9.17, 15) is 9.59 Å². The van der Waals surface area contributed by atoms with E-state index in [1.165, 1.54) is 5.56 Å². The van der Waals surface area contributed by atoms with E-state index in [0.717, 1.165) is 17.0 Å². The van der Waals surface area contributed by atoms with Crippen LogP contribution in [-0.2, 0) is 9.59 Å². The summed E-state index contributed by atoms with van der Waals surface area (Å²) >= 11 is 0. The first-order valence-corrected chi connectivity index (χ1v) is 8.35. The second kappa shape index (κ2) is 9.30. The maximum absolute atomic E-state index is 12.3. The zero-order valence-electron chi connectivity index (χ0n) is 14.9. The van der Waals surface area contributed by atoms with E-state index in [-0.39, 0.29) is 17.9 Å². The van der Waals surface area contributed by atoms with Gasteiger partial charge in [0.15, 0.2) is 12.6 Å². The quantitative estimate of drug-likeness (QED) is 0.673. The molecule has 0 fully saturated rings. The van der Waals surface area contributed by atoms with Gasteiger partial charge in [-0.05, 0) is 37.0 Å². The van der Waals surface area contributed by atoms with E-state index < -0.39 is 0 Å². The van der Waals surface area contributed by atoms with Crippen LogP contribution in [0.25, 0.3) is 0 Å². The normalized spacial score (nSPS) is 13.5. The summed E-state index contributed by atoms with van der Waals surface area (Å²) in [6.45, 7) is 9.09. The maximum Gasteiger partial charge on any atom is 0.282 e. The van der Waals surface area contributed by atoms with E-state index in [1.54, 1.807) is 0 Å². The summed E-state index contributed by atoms with van der Waals surface area (Å²) in [5.74, 6) is 0.365. The number of carbonyl (C=O) groups is 2. The first-order chi connectivity index (χ1) is 10.8. The largest absolute Gasteiger partial charge is 0.351 e. The van der Waals surface area contributed by atoms with Crippen molar-refractivity contribution >= 4 is 17.5 Å². The van der Waals surface area contributed by atoms with Gasteiger partial charge in [0.05, 0.1) is 7.05 Å². The molecule has 0 aliphatic carbocycles. The van der Waals surface area contributed by atoms with Gasteiger partial charge in [0.25, 0.3) is 11.8 Å². The van der Waals surface area contributed by atoms with Crippen molar-refractivity contribution in [2.24, 2.45) is 0 Å². The lowest BCUT2D eigenvalue weighted by atomic mass is 10.0. The predicted molar refractivity (Wildman–Crippen MR) is 93.7 cm³/mol. The number of hydrogen-bond acceptors (Lipinski definition) is 2. The van der Waals surface area contributed by atoms with Gasteiger partial charge in [0, 0.05) is 12.2 Å². The molecule has 1 aromatic carbocycles. The average Bonchev–Trinajstić information content (AvgIpc) is 2.52. The van der Waals surface area contributed by atoms with Crippen LogP contribution in [0.4, 0.5) is 5.69 Å². The topological polar surface area (TPSA) is 62.6 Å². The van der Waals surface area contributed by atoms with Crippen LogP contribution in [0.5, 0.6) is 0 Å². The minimum atomic E-state index is -0.299. The van der Waals surface area contributed by atoms with Crippen molar-refractivity contribution in [3.63, 3.8) is 0 Å². The van der Waals surface area contributed by atoms with Crippen molar-refractivity contribution in [3.05, 3.63) is 29.8 Å². The molecule has 23 heavy (non-hydrogen) atoms. The summed E-state index contributed by atoms with van der Waals surface area (Å²) in [7, 11) is 1.86. The number of carbonyl (C=O) groups excluding carboxylic acids is 2. The molecule has 0 heterocycles. The Morgan fingerprint density at radius 3 is 2.26 bits per heavy atom. The Morgan fingerprint density at radius 1 is 1.13 bits per heavy atom. The van der Waals surface area contributed by atoms with E-state index in [2.05, 4.69) is 24.5 Å². The van der Waals surface area contributed by atoms with Crippen LogP contribution in [0.3, 0.4) is 0 Å². The minimum Gasteiger partial charge on any atom is -0.351 e. The molecule has 0 aliphatic rings. The Kier molecular flexibility index (Phi) is 7.75. The smallest absolute Gasteiger partial charge is 0.282 e. The summed E-state index contributed by atoms with van der Waals surface area (Å²) in [6.07, 6.45) is 0.910. The van der Waals surface area contributed by atoms with Gasteiger partial charge < -0.3 is 15.5 Å². The summed E-state index contributed by atoms with van der Waals surface area (Å²) in [4.78, 5) is 24.9. The van der Waals surface area contributed by atoms with Crippen molar-refractivity contribution in [1.29, 1.82) is 0 Å². The third kappa shape index (κ3) is 6.40. The third-order valence-corrected chi connectivity index (χ3v) is 3.99. The van der Waals surface area contributed by atoms with Gasteiger partial charge >= 0.3 is 0 Å². The molecule has 5 heteroatoms. The Balaban J connectivity index is 2.53. The molecule has 5 nitrogen and oxygen atoms in total. The molecule has 0 aromatic heterocycles. The van der Waals surface area contributed by atoms with Crippen LogP contribution in [0.2, 0.25) is 0 Å². The molecule has 128 valence electrons. The number of amides is 2. The molecule has 2 atom stereocenters. The van der Waals surface area contributed by atoms with Gasteiger partial charge in [-0.25, -0.2) is 0 Å². The number of likely N-dealkylation sites (N-methyl/N-ethyl adjacent to an activating group) is 1. The molecule has 0 aliphatic heterocycles. The van der Waals surface area contributed by atoms with Crippen molar-refractivity contribution in [2.75, 3.05) is 25.5 Å². The highest BCUT2D eigenvalue weighted by atomic mass is 16.2. The van der Waals surface area contributed by atoms with Crippen LogP contribution < -0.4 is 15.5 Å². The molecule has 1 unspecified atom stereocenters. The second-order valence-corrected chi connectivity index (χ2v) is 6.36. The number of rotatable bonds is 8. The van der Waals surface area contributed by atoms with E-state index in [1.807, 2.05) is 45.2 Å². The van der Waals surface area contributed by atoms with E-state index in [0.29, 0.717) is 19.0 Å². The molecular formula is C18H30N3O2+. The molecule has 0 spiro atoms. The summed E-state index contributed by atoms with van der Waals surface area (Å²) < 4.78 is 0. The highest BCUT2D eigenvalue weighted by Crippen LogP contribution is 2.17. The zero-order valence-corrected chi connectivity index (χ0v) is 14.9. The lowest BCUT2D eigenvalue weighted by Crippen LogP contribution is -3.15. The zero-order chi connectivity index (χ0) is 17.4. The van der Waals surface area contributed by atoms with Crippen LogP contribution >= 0.6 is 0 Å². The van der Waals surface area contributed by atoms with Crippen molar-refractivity contribution in [2.45, 2.75) is 46.1 Å². The number of anilines is 1. The van der Waals surface area contributed by atoms with Crippen LogP contribution in [0.15, 0.2) is 24.3 Å². The number of hydrogen-bond donors (Lipinski definition) is 3. The predicted octanol–water partition coefficient (Wildman–Crippen LogP) is 1.18. The second-order valence-electron chi connectivity index (χ2n) is 6.36. The minimum absolute atomic E-state index is 0.0229. The summed E-state index contributed by atoms with van der Waals surface area (Å²) in [5, 5.41) is 5.75. The van der Waals surface area contributed by atoms with Gasteiger partial charge in [-0.3, -0.25) is 9.59 Å².